The summed E-state index contributed by atoms with van der Waals surface area (Å²) in [5.74, 6) is -0.697. The Morgan fingerprint density at radius 2 is 1.68 bits per heavy atom. The molecule has 346 valence electrons. The molecule has 6 rings (SSSR count). The van der Waals surface area contributed by atoms with E-state index in [-0.39, 0.29) is 49.4 Å². The van der Waals surface area contributed by atoms with Gasteiger partial charge in [0.25, 0.3) is 0 Å². The molecule has 2 saturated carbocycles. The lowest BCUT2D eigenvalue weighted by Gasteiger charge is -2.59. The van der Waals surface area contributed by atoms with Gasteiger partial charge < -0.3 is 44.2 Å². The molecule has 1 saturated heterocycles. The molecule has 7 atom stereocenters. The molecule has 3 N–H and O–H groups in total. The van der Waals surface area contributed by atoms with Gasteiger partial charge in [-0.2, -0.15) is 0 Å². The average Bonchev–Trinajstić information content (AvgIpc) is 4.14. The van der Waals surface area contributed by atoms with Crippen LogP contribution in [0.2, 0.25) is 0 Å². The van der Waals surface area contributed by atoms with Crippen LogP contribution in [-0.4, -0.2) is 91.0 Å². The summed E-state index contributed by atoms with van der Waals surface area (Å²) < 4.78 is 26.2. The van der Waals surface area contributed by atoms with Crippen molar-refractivity contribution in [1.29, 1.82) is 0 Å². The van der Waals surface area contributed by atoms with Gasteiger partial charge in [-0.3, -0.25) is 4.79 Å². The maximum atomic E-state index is 14.1. The van der Waals surface area contributed by atoms with Gasteiger partial charge in [-0.15, -0.1) is 6.58 Å². The minimum Gasteiger partial charge on any atom is -0.459 e. The van der Waals surface area contributed by atoms with Gasteiger partial charge >= 0.3 is 6.09 Å². The van der Waals surface area contributed by atoms with Crippen LogP contribution in [0.25, 0.3) is 0 Å². The Hall–Kier alpha value is -3.45. The van der Waals surface area contributed by atoms with Crippen molar-refractivity contribution in [3.05, 3.63) is 48.1 Å². The molecule has 0 spiro atoms. The second-order valence-corrected chi connectivity index (χ2v) is 18.4. The number of fused-ring (bicyclic) bond motifs is 2. The van der Waals surface area contributed by atoms with Gasteiger partial charge in [0, 0.05) is 57.0 Å². The number of ether oxygens (including phenoxy) is 4. The van der Waals surface area contributed by atoms with Crippen LogP contribution in [0.5, 0.6) is 11.5 Å². The molecule has 12 nitrogen and oxygen atoms in total. The number of rotatable bonds is 27. The second-order valence-electron chi connectivity index (χ2n) is 18.4. The van der Waals surface area contributed by atoms with E-state index in [2.05, 4.69) is 24.9 Å². The zero-order valence-electron chi connectivity index (χ0n) is 37.9. The second kappa shape index (κ2) is 24.6. The molecular formula is C50H77N3O9. The number of carbonyl (C=O) groups excluding carboxylic acids is 2. The number of carbonyl (C=O) groups is 2. The van der Waals surface area contributed by atoms with Crippen LogP contribution in [0, 0.1) is 23.7 Å². The van der Waals surface area contributed by atoms with Crippen molar-refractivity contribution >= 4 is 17.7 Å². The lowest BCUT2D eigenvalue weighted by molar-refractivity contribution is -0.256. The number of hydrogen-bond acceptors (Lipinski definition) is 10. The van der Waals surface area contributed by atoms with Crippen molar-refractivity contribution in [3.8, 4) is 11.5 Å². The normalized spacial score (nSPS) is 27.0. The van der Waals surface area contributed by atoms with Gasteiger partial charge in [-0.1, -0.05) is 94.9 Å². The zero-order valence-corrected chi connectivity index (χ0v) is 37.9. The Morgan fingerprint density at radius 3 is 2.35 bits per heavy atom. The van der Waals surface area contributed by atoms with Gasteiger partial charge in [-0.25, -0.2) is 4.79 Å². The minimum atomic E-state index is -1.31. The van der Waals surface area contributed by atoms with Gasteiger partial charge in [0.05, 0.1) is 24.8 Å². The molecule has 5 aliphatic rings. The number of aliphatic hydroxyl groups is 2. The molecular weight excluding hydrogens is 787 g/mol. The minimum absolute atomic E-state index is 0.0307. The highest BCUT2D eigenvalue weighted by Crippen LogP contribution is 2.62. The standard InChI is InChI=1S/C50H77N3O9/c1-4-6-7-8-9-10-11-12-13-17-28-51-49(57)60-38-26-27-43-41(34-38)46-39(22-15-19-30-55)37(21-14-18-29-54)33-40-42(52-62-45-23-16-20-32-58-45)35-44(53(3)48(56)36-24-25-36)50(61-43,47(40)46)59-31-5-2/h5,26-27,33-34,36-37,39,44-47,54-55H,2,4,6-25,28-32,35H2,1,3H3,(H,51,57). The summed E-state index contributed by atoms with van der Waals surface area (Å²) in [4.78, 5) is 35.4. The summed E-state index contributed by atoms with van der Waals surface area (Å²) in [6.45, 7) is 7.85. The molecule has 2 aliphatic heterocycles. The fourth-order valence-corrected chi connectivity index (χ4v) is 10.4. The smallest absolute Gasteiger partial charge is 0.412 e. The van der Waals surface area contributed by atoms with Crippen molar-refractivity contribution in [1.82, 2.24) is 10.2 Å². The molecule has 0 radical (unpaired) electrons. The number of aliphatic hydroxyl groups excluding tert-OH is 2. The summed E-state index contributed by atoms with van der Waals surface area (Å²) in [6, 6.07) is 5.06. The number of allylic oxidation sites excluding steroid dienone is 1. The van der Waals surface area contributed by atoms with E-state index in [1.54, 1.807) is 12.1 Å². The zero-order chi connectivity index (χ0) is 43.7. The Kier molecular flexibility index (Phi) is 19.0. The van der Waals surface area contributed by atoms with Crippen LogP contribution >= 0.6 is 0 Å². The van der Waals surface area contributed by atoms with Crippen LogP contribution in [0.3, 0.4) is 0 Å². The molecule has 1 aromatic rings. The van der Waals surface area contributed by atoms with E-state index in [4.69, 9.17) is 28.9 Å². The van der Waals surface area contributed by atoms with E-state index >= 15 is 0 Å². The summed E-state index contributed by atoms with van der Waals surface area (Å²) in [7, 11) is 1.86. The quantitative estimate of drug-likeness (QED) is 0.0447. The molecule has 12 heteroatoms. The predicted octanol–water partition coefficient (Wildman–Crippen LogP) is 9.72. The predicted molar refractivity (Wildman–Crippen MR) is 241 cm³/mol. The number of hydrogen-bond donors (Lipinski definition) is 3. The van der Waals surface area contributed by atoms with Crippen molar-refractivity contribution in [2.45, 2.75) is 172 Å². The SMILES string of the molecule is C=CCOC12Oc3ccc(OC(=O)NCCCCCCCCCCCC)cc3C3C(CCCCO)C(CCCCO)C=C(C(=NOC4CCCCO4)CC1N(C)C(=O)C1CC1)C32. The van der Waals surface area contributed by atoms with Crippen LogP contribution in [-0.2, 0) is 19.1 Å². The highest BCUT2D eigenvalue weighted by molar-refractivity contribution is 6.03. The van der Waals surface area contributed by atoms with Crippen molar-refractivity contribution in [3.63, 3.8) is 0 Å². The van der Waals surface area contributed by atoms with Gasteiger partial charge in [0.2, 0.25) is 18.0 Å². The Balaban J connectivity index is 1.33. The van der Waals surface area contributed by atoms with E-state index in [0.717, 1.165) is 87.5 Å². The van der Waals surface area contributed by atoms with E-state index < -0.39 is 30.1 Å². The van der Waals surface area contributed by atoms with Crippen molar-refractivity contribution in [2.24, 2.45) is 28.8 Å². The van der Waals surface area contributed by atoms with E-state index in [1.165, 1.54) is 51.4 Å². The average molecular weight is 864 g/mol. The third kappa shape index (κ3) is 12.4. The molecule has 62 heavy (non-hydrogen) atoms. The first-order valence-electron chi connectivity index (χ1n) is 24.4. The first kappa shape index (κ1) is 48.0. The third-order valence-electron chi connectivity index (χ3n) is 13.8. The monoisotopic (exact) mass is 864 g/mol. The first-order chi connectivity index (χ1) is 30.3. The lowest BCUT2D eigenvalue weighted by Crippen LogP contribution is -2.69. The first-order valence-corrected chi connectivity index (χ1v) is 24.4. The van der Waals surface area contributed by atoms with Crippen molar-refractivity contribution in [2.75, 3.05) is 40.0 Å². The number of nitrogens with one attached hydrogen (secondary N) is 1. The van der Waals surface area contributed by atoms with Crippen LogP contribution in [0.4, 0.5) is 4.79 Å². The number of benzene rings is 1. The summed E-state index contributed by atoms with van der Waals surface area (Å²) in [5, 5.41) is 27.7. The van der Waals surface area contributed by atoms with Crippen LogP contribution in [0.15, 0.2) is 47.7 Å². The molecule has 3 aliphatic carbocycles. The Labute approximate surface area is 371 Å². The molecule has 2 heterocycles. The number of oxime groups is 1. The lowest BCUT2D eigenvalue weighted by atomic mass is 9.55. The summed E-state index contributed by atoms with van der Waals surface area (Å²) in [5.41, 5.74) is 2.63. The maximum Gasteiger partial charge on any atom is 0.412 e. The highest BCUT2D eigenvalue weighted by atomic mass is 16.8. The number of amides is 2. The Bertz CT molecular complexity index is 1640. The topological polar surface area (TPSA) is 148 Å². The fraction of sp³-hybridized carbons (Fsp3) is 0.740. The Morgan fingerprint density at radius 1 is 0.952 bits per heavy atom. The molecule has 0 aromatic heterocycles. The van der Waals surface area contributed by atoms with Gasteiger partial charge in [-0.05, 0) is 93.4 Å². The number of nitrogens with zero attached hydrogens (tertiary/aromatic N) is 2. The van der Waals surface area contributed by atoms with Gasteiger partial charge in [0.1, 0.15) is 17.5 Å². The third-order valence-corrected chi connectivity index (χ3v) is 13.8. The number of unbranched alkanes of at least 4 members (excludes halogenated alkanes) is 11. The van der Waals surface area contributed by atoms with E-state index in [1.807, 2.05) is 24.1 Å². The molecule has 1 aromatic carbocycles. The highest BCUT2D eigenvalue weighted by Gasteiger charge is 2.65. The molecule has 0 bridgehead atoms. The molecule has 2 amide bonds. The van der Waals surface area contributed by atoms with Gasteiger partial charge in [0.15, 0.2) is 0 Å². The van der Waals surface area contributed by atoms with E-state index in [0.29, 0.717) is 43.9 Å². The van der Waals surface area contributed by atoms with Crippen molar-refractivity contribution < 1.29 is 43.6 Å². The maximum absolute atomic E-state index is 14.1. The van der Waals surface area contributed by atoms with E-state index in [9.17, 15) is 19.8 Å². The number of likely N-dealkylation sites (N-methyl/N-ethyl adjacent to an activating group) is 1. The largest absolute Gasteiger partial charge is 0.459 e. The summed E-state index contributed by atoms with van der Waals surface area (Å²) in [6.07, 6.45) is 24.8. The fourth-order valence-electron chi connectivity index (χ4n) is 10.4. The summed E-state index contributed by atoms with van der Waals surface area (Å²) >= 11 is 0. The van der Waals surface area contributed by atoms with Crippen LogP contribution in [0.1, 0.15) is 160 Å². The molecule has 7 unspecified atom stereocenters. The molecule has 3 fully saturated rings. The van der Waals surface area contributed by atoms with Crippen LogP contribution < -0.4 is 14.8 Å².